The van der Waals surface area contributed by atoms with E-state index in [1.807, 2.05) is 17.0 Å². The summed E-state index contributed by atoms with van der Waals surface area (Å²) in [6.07, 6.45) is 6.15. The first kappa shape index (κ1) is 20.9. The highest BCUT2D eigenvalue weighted by Crippen LogP contribution is 2.31. The van der Waals surface area contributed by atoms with E-state index in [4.69, 9.17) is 16.0 Å². The van der Waals surface area contributed by atoms with Crippen LogP contribution in [0.4, 0.5) is 0 Å². The van der Waals surface area contributed by atoms with Gasteiger partial charge in [-0.05, 0) is 55.2 Å². The molecule has 0 radical (unpaired) electrons. The molecule has 6 nitrogen and oxygen atoms in total. The van der Waals surface area contributed by atoms with Gasteiger partial charge in [-0.15, -0.1) is 0 Å². The number of halogens is 1. The second-order valence-electron chi connectivity index (χ2n) is 8.12. The highest BCUT2D eigenvalue weighted by atomic mass is 35.5. The summed E-state index contributed by atoms with van der Waals surface area (Å²) >= 11 is 5.93. The number of benzene rings is 1. The summed E-state index contributed by atoms with van der Waals surface area (Å²) in [5, 5.41) is 3.68. The van der Waals surface area contributed by atoms with Crippen LogP contribution in [-0.4, -0.2) is 53.8 Å². The van der Waals surface area contributed by atoms with Crippen molar-refractivity contribution in [3.63, 3.8) is 0 Å². The van der Waals surface area contributed by atoms with Gasteiger partial charge in [0.15, 0.2) is 0 Å². The Hall–Kier alpha value is -2.31. The second kappa shape index (κ2) is 9.67. The van der Waals surface area contributed by atoms with Crippen molar-refractivity contribution < 1.29 is 14.0 Å². The van der Waals surface area contributed by atoms with Crippen molar-refractivity contribution >= 4 is 23.4 Å². The van der Waals surface area contributed by atoms with Crippen molar-refractivity contribution in [1.82, 2.24) is 15.1 Å². The van der Waals surface area contributed by atoms with Gasteiger partial charge in [0.05, 0.1) is 18.8 Å². The van der Waals surface area contributed by atoms with E-state index in [-0.39, 0.29) is 17.9 Å². The topological polar surface area (TPSA) is 65.8 Å². The molecule has 1 atom stereocenters. The third-order valence-electron chi connectivity index (χ3n) is 6.22. The Balaban J connectivity index is 1.38. The van der Waals surface area contributed by atoms with Crippen LogP contribution in [0.15, 0.2) is 47.1 Å². The summed E-state index contributed by atoms with van der Waals surface area (Å²) in [7, 11) is 0. The number of carbonyl (C=O) groups excluding carboxylic acids is 2. The van der Waals surface area contributed by atoms with Gasteiger partial charge in [-0.3, -0.25) is 14.5 Å². The predicted octanol–water partition coefficient (Wildman–Crippen LogP) is 3.57. The van der Waals surface area contributed by atoms with Crippen molar-refractivity contribution in [1.29, 1.82) is 0 Å². The number of hydrogen-bond donors (Lipinski definition) is 1. The highest BCUT2D eigenvalue weighted by Gasteiger charge is 2.37. The lowest BCUT2D eigenvalue weighted by Crippen LogP contribution is -2.57. The van der Waals surface area contributed by atoms with Crippen molar-refractivity contribution in [3.8, 4) is 0 Å². The van der Waals surface area contributed by atoms with E-state index < -0.39 is 0 Å². The summed E-state index contributed by atoms with van der Waals surface area (Å²) in [5.74, 6) is 1.22. The number of piperazine rings is 1. The number of amides is 2. The first-order chi connectivity index (χ1) is 14.6. The SMILES string of the molecule is O=C(NCc1ccco1)[C@@H](C1CCCC1)N1CCN(C(=O)c2ccc(Cl)cc2)CC1. The molecular formula is C23H28ClN3O3. The Morgan fingerprint density at radius 1 is 1.07 bits per heavy atom. The fourth-order valence-corrected chi connectivity index (χ4v) is 4.75. The molecule has 2 aliphatic rings. The summed E-state index contributed by atoms with van der Waals surface area (Å²) in [6.45, 7) is 3.06. The van der Waals surface area contributed by atoms with Crippen molar-refractivity contribution in [2.75, 3.05) is 26.2 Å². The minimum atomic E-state index is -0.143. The molecule has 1 aliphatic heterocycles. The molecule has 2 heterocycles. The largest absolute Gasteiger partial charge is 0.467 e. The van der Waals surface area contributed by atoms with Gasteiger partial charge in [0.1, 0.15) is 5.76 Å². The van der Waals surface area contributed by atoms with Crippen LogP contribution in [0.3, 0.4) is 0 Å². The number of nitrogens with zero attached hydrogens (tertiary/aromatic N) is 2. The standard InChI is InChI=1S/C23H28ClN3O3/c24-19-9-7-18(8-10-19)23(29)27-13-11-26(12-14-27)21(17-4-1-2-5-17)22(28)25-16-20-6-3-15-30-20/h3,6-10,15,17,21H,1-2,4-5,11-14,16H2,(H,25,28)/t21-/m1/s1. The predicted molar refractivity (Wildman–Crippen MR) is 115 cm³/mol. The number of hydrogen-bond acceptors (Lipinski definition) is 4. The summed E-state index contributed by atoms with van der Waals surface area (Å²) < 4.78 is 5.34. The highest BCUT2D eigenvalue weighted by molar-refractivity contribution is 6.30. The van der Waals surface area contributed by atoms with Crippen LogP contribution in [0.25, 0.3) is 0 Å². The molecular weight excluding hydrogens is 402 g/mol. The molecule has 1 N–H and O–H groups in total. The van der Waals surface area contributed by atoms with Crippen molar-refractivity contribution in [2.24, 2.45) is 5.92 Å². The molecule has 0 unspecified atom stereocenters. The average Bonchev–Trinajstić information content (AvgIpc) is 3.48. The molecule has 0 spiro atoms. The van der Waals surface area contributed by atoms with E-state index in [0.29, 0.717) is 49.2 Å². The van der Waals surface area contributed by atoms with Gasteiger partial charge in [0.25, 0.3) is 5.91 Å². The Morgan fingerprint density at radius 3 is 2.40 bits per heavy atom. The molecule has 30 heavy (non-hydrogen) atoms. The van der Waals surface area contributed by atoms with Gasteiger partial charge in [0.2, 0.25) is 5.91 Å². The van der Waals surface area contributed by atoms with Crippen LogP contribution < -0.4 is 5.32 Å². The molecule has 1 aliphatic carbocycles. The van der Waals surface area contributed by atoms with E-state index in [0.717, 1.165) is 18.6 Å². The van der Waals surface area contributed by atoms with Gasteiger partial charge < -0.3 is 14.6 Å². The summed E-state index contributed by atoms with van der Waals surface area (Å²) in [4.78, 5) is 30.0. The lowest BCUT2D eigenvalue weighted by Gasteiger charge is -2.40. The maximum atomic E-state index is 13.1. The van der Waals surface area contributed by atoms with Crippen LogP contribution >= 0.6 is 11.6 Å². The molecule has 0 bridgehead atoms. The quantitative estimate of drug-likeness (QED) is 0.762. The molecule has 7 heteroatoms. The molecule has 1 saturated carbocycles. The first-order valence-corrected chi connectivity index (χ1v) is 11.1. The monoisotopic (exact) mass is 429 g/mol. The van der Waals surface area contributed by atoms with Crippen molar-refractivity contribution in [3.05, 3.63) is 59.0 Å². The molecule has 4 rings (SSSR count). The maximum Gasteiger partial charge on any atom is 0.253 e. The van der Waals surface area contributed by atoms with E-state index >= 15 is 0 Å². The van der Waals surface area contributed by atoms with Crippen molar-refractivity contribution in [2.45, 2.75) is 38.3 Å². The van der Waals surface area contributed by atoms with Gasteiger partial charge in [-0.25, -0.2) is 0 Å². The van der Waals surface area contributed by atoms with E-state index in [9.17, 15) is 9.59 Å². The Bertz CT molecular complexity index is 839. The third kappa shape index (κ3) is 4.87. The minimum Gasteiger partial charge on any atom is -0.467 e. The van der Waals surface area contributed by atoms with Gasteiger partial charge in [-0.1, -0.05) is 24.4 Å². The number of carbonyl (C=O) groups is 2. The molecule has 1 aromatic heterocycles. The average molecular weight is 430 g/mol. The normalized spacial score (nSPS) is 19.0. The molecule has 160 valence electrons. The summed E-state index contributed by atoms with van der Waals surface area (Å²) in [6, 6.07) is 10.6. The van der Waals surface area contributed by atoms with Crippen LogP contribution in [0.5, 0.6) is 0 Å². The lowest BCUT2D eigenvalue weighted by atomic mass is 9.95. The van der Waals surface area contributed by atoms with Crippen LogP contribution in [0.2, 0.25) is 5.02 Å². The minimum absolute atomic E-state index is 0.0194. The summed E-state index contributed by atoms with van der Waals surface area (Å²) in [5.41, 5.74) is 0.649. The molecule has 2 aromatic rings. The van der Waals surface area contributed by atoms with E-state index in [1.165, 1.54) is 12.8 Å². The zero-order valence-electron chi connectivity index (χ0n) is 17.1. The number of rotatable bonds is 6. The number of furan rings is 1. The van der Waals surface area contributed by atoms with Crippen LogP contribution in [-0.2, 0) is 11.3 Å². The first-order valence-electron chi connectivity index (χ1n) is 10.7. The van der Waals surface area contributed by atoms with Gasteiger partial charge in [0, 0.05) is 36.8 Å². The third-order valence-corrected chi connectivity index (χ3v) is 6.47. The zero-order valence-corrected chi connectivity index (χ0v) is 17.8. The van der Waals surface area contributed by atoms with E-state index in [2.05, 4.69) is 10.2 Å². The smallest absolute Gasteiger partial charge is 0.253 e. The molecule has 1 saturated heterocycles. The molecule has 1 aromatic carbocycles. The van der Waals surface area contributed by atoms with Gasteiger partial charge >= 0.3 is 0 Å². The number of nitrogens with one attached hydrogen (secondary N) is 1. The fourth-order valence-electron chi connectivity index (χ4n) is 4.62. The Labute approximate surface area is 182 Å². The van der Waals surface area contributed by atoms with E-state index in [1.54, 1.807) is 30.5 Å². The zero-order chi connectivity index (χ0) is 20.9. The second-order valence-corrected chi connectivity index (χ2v) is 8.56. The Kier molecular flexibility index (Phi) is 6.75. The van der Waals surface area contributed by atoms with Crippen LogP contribution in [0.1, 0.15) is 41.8 Å². The maximum absolute atomic E-state index is 13.1. The van der Waals surface area contributed by atoms with Gasteiger partial charge in [-0.2, -0.15) is 0 Å². The Morgan fingerprint density at radius 2 is 1.77 bits per heavy atom. The fraction of sp³-hybridized carbons (Fsp3) is 0.478. The van der Waals surface area contributed by atoms with Crippen LogP contribution in [0, 0.1) is 5.92 Å². The lowest BCUT2D eigenvalue weighted by molar-refractivity contribution is -0.129. The molecule has 2 fully saturated rings. The molecule has 2 amide bonds.